The first-order valence-corrected chi connectivity index (χ1v) is 6.41. The molecule has 1 spiro atoms. The fourth-order valence-corrected chi connectivity index (χ4v) is 3.89. The number of likely N-dealkylation sites (tertiary alicyclic amines) is 1. The predicted molar refractivity (Wildman–Crippen MR) is 61.4 cm³/mol. The van der Waals surface area contributed by atoms with Gasteiger partial charge in [-0.25, -0.2) is 0 Å². The fourth-order valence-electron chi connectivity index (χ4n) is 3.89. The molecule has 1 heteroatoms. The predicted octanol–water partition coefficient (Wildman–Crippen LogP) is 3.44. The molecule has 2 fully saturated rings. The van der Waals surface area contributed by atoms with E-state index in [1.165, 1.54) is 45.1 Å². The Morgan fingerprint density at radius 2 is 1.93 bits per heavy atom. The summed E-state index contributed by atoms with van der Waals surface area (Å²) in [5, 5.41) is 0. The second kappa shape index (κ2) is 3.84. The molecule has 0 aromatic carbocycles. The van der Waals surface area contributed by atoms with Crippen molar-refractivity contribution in [2.24, 2.45) is 5.92 Å². The summed E-state index contributed by atoms with van der Waals surface area (Å²) >= 11 is 0. The van der Waals surface area contributed by atoms with E-state index in [1.807, 2.05) is 0 Å². The standard InChI is InChI=1S/C13H25N/c1-11(2)14-9-5-8-13(14)7-4-6-12(3)10-13/h11-12H,4-10H2,1-3H3/t12-,13?/m0/s1. The zero-order valence-corrected chi connectivity index (χ0v) is 10.1. The van der Waals surface area contributed by atoms with Crippen LogP contribution in [-0.2, 0) is 0 Å². The Morgan fingerprint density at radius 3 is 2.57 bits per heavy atom. The van der Waals surface area contributed by atoms with Gasteiger partial charge >= 0.3 is 0 Å². The molecule has 1 saturated heterocycles. The third-order valence-electron chi connectivity index (χ3n) is 4.34. The first-order valence-electron chi connectivity index (χ1n) is 6.41. The Bertz CT molecular complexity index is 199. The van der Waals surface area contributed by atoms with Crippen molar-refractivity contribution in [1.29, 1.82) is 0 Å². The van der Waals surface area contributed by atoms with Crippen LogP contribution in [0, 0.1) is 5.92 Å². The lowest BCUT2D eigenvalue weighted by Crippen LogP contribution is -2.50. The van der Waals surface area contributed by atoms with Crippen molar-refractivity contribution in [3.8, 4) is 0 Å². The molecule has 1 heterocycles. The third kappa shape index (κ3) is 1.71. The van der Waals surface area contributed by atoms with Crippen LogP contribution in [0.5, 0.6) is 0 Å². The Labute approximate surface area is 88.9 Å². The molecule has 0 radical (unpaired) electrons. The van der Waals surface area contributed by atoms with E-state index in [0.717, 1.165) is 12.0 Å². The van der Waals surface area contributed by atoms with Gasteiger partial charge in [-0.15, -0.1) is 0 Å². The van der Waals surface area contributed by atoms with Crippen molar-refractivity contribution < 1.29 is 0 Å². The molecule has 2 rings (SSSR count). The summed E-state index contributed by atoms with van der Waals surface area (Å²) in [4.78, 5) is 2.79. The first kappa shape index (κ1) is 10.5. The summed E-state index contributed by atoms with van der Waals surface area (Å²) in [5.41, 5.74) is 0.617. The summed E-state index contributed by atoms with van der Waals surface area (Å²) < 4.78 is 0. The SMILES string of the molecule is CC(C)N1CCCC12CCC[C@H](C)C2. The van der Waals surface area contributed by atoms with Gasteiger partial charge < -0.3 is 0 Å². The van der Waals surface area contributed by atoms with Crippen LogP contribution in [0.15, 0.2) is 0 Å². The molecule has 1 saturated carbocycles. The number of hydrogen-bond donors (Lipinski definition) is 0. The van der Waals surface area contributed by atoms with Crippen molar-refractivity contribution in [1.82, 2.24) is 4.90 Å². The van der Waals surface area contributed by atoms with Crippen LogP contribution in [0.3, 0.4) is 0 Å². The topological polar surface area (TPSA) is 3.24 Å². The van der Waals surface area contributed by atoms with Gasteiger partial charge in [0.05, 0.1) is 0 Å². The van der Waals surface area contributed by atoms with E-state index in [1.54, 1.807) is 0 Å². The van der Waals surface area contributed by atoms with Gasteiger partial charge in [-0.1, -0.05) is 19.8 Å². The Morgan fingerprint density at radius 1 is 1.21 bits per heavy atom. The molecular formula is C13H25N. The summed E-state index contributed by atoms with van der Waals surface area (Å²) in [5.74, 6) is 0.961. The monoisotopic (exact) mass is 195 g/mol. The van der Waals surface area contributed by atoms with Crippen molar-refractivity contribution in [3.05, 3.63) is 0 Å². The van der Waals surface area contributed by atoms with E-state index < -0.39 is 0 Å². The highest BCUT2D eigenvalue weighted by atomic mass is 15.2. The molecule has 2 aliphatic rings. The average molecular weight is 195 g/mol. The van der Waals surface area contributed by atoms with Gasteiger partial charge in [-0.05, 0) is 52.0 Å². The maximum atomic E-state index is 2.79. The van der Waals surface area contributed by atoms with Crippen LogP contribution in [0.2, 0.25) is 0 Å². The maximum Gasteiger partial charge on any atom is 0.0215 e. The van der Waals surface area contributed by atoms with Crippen LogP contribution in [0.1, 0.15) is 59.3 Å². The number of nitrogens with zero attached hydrogens (tertiary/aromatic N) is 1. The first-order chi connectivity index (χ1) is 6.64. The van der Waals surface area contributed by atoms with Crippen LogP contribution in [0.25, 0.3) is 0 Å². The van der Waals surface area contributed by atoms with Crippen molar-refractivity contribution >= 4 is 0 Å². The van der Waals surface area contributed by atoms with Gasteiger partial charge in [0.25, 0.3) is 0 Å². The third-order valence-corrected chi connectivity index (χ3v) is 4.34. The zero-order valence-electron chi connectivity index (χ0n) is 10.1. The number of rotatable bonds is 1. The normalized spacial score (nSPS) is 39.9. The lowest BCUT2D eigenvalue weighted by atomic mass is 9.74. The van der Waals surface area contributed by atoms with Crippen LogP contribution < -0.4 is 0 Å². The van der Waals surface area contributed by atoms with Gasteiger partial charge in [0.1, 0.15) is 0 Å². The summed E-state index contributed by atoms with van der Waals surface area (Å²) in [6.07, 6.45) is 8.76. The summed E-state index contributed by atoms with van der Waals surface area (Å²) in [7, 11) is 0. The number of hydrogen-bond acceptors (Lipinski definition) is 1. The minimum atomic E-state index is 0.617. The lowest BCUT2D eigenvalue weighted by molar-refractivity contribution is 0.0466. The minimum Gasteiger partial charge on any atom is -0.295 e. The molecule has 14 heavy (non-hydrogen) atoms. The molecule has 0 N–H and O–H groups in total. The van der Waals surface area contributed by atoms with Crippen molar-refractivity contribution in [2.75, 3.05) is 6.54 Å². The Hall–Kier alpha value is -0.0400. The second-order valence-corrected chi connectivity index (χ2v) is 5.82. The quantitative estimate of drug-likeness (QED) is 0.619. The molecule has 0 bridgehead atoms. The highest BCUT2D eigenvalue weighted by Crippen LogP contribution is 2.44. The van der Waals surface area contributed by atoms with E-state index in [-0.39, 0.29) is 0 Å². The summed E-state index contributed by atoms with van der Waals surface area (Å²) in [6.45, 7) is 8.53. The summed E-state index contributed by atoms with van der Waals surface area (Å²) in [6, 6.07) is 0.753. The van der Waals surface area contributed by atoms with Gasteiger partial charge in [0.15, 0.2) is 0 Å². The zero-order chi connectivity index (χ0) is 10.2. The molecule has 0 aromatic heterocycles. The molecule has 1 aliphatic heterocycles. The van der Waals surface area contributed by atoms with Crippen LogP contribution >= 0.6 is 0 Å². The maximum absolute atomic E-state index is 2.79. The smallest absolute Gasteiger partial charge is 0.0215 e. The van der Waals surface area contributed by atoms with Crippen LogP contribution in [0.4, 0.5) is 0 Å². The van der Waals surface area contributed by atoms with Crippen molar-refractivity contribution in [2.45, 2.75) is 70.9 Å². The molecule has 1 unspecified atom stereocenters. The van der Waals surface area contributed by atoms with Gasteiger partial charge in [0.2, 0.25) is 0 Å². The van der Waals surface area contributed by atoms with Gasteiger partial charge in [0, 0.05) is 11.6 Å². The largest absolute Gasteiger partial charge is 0.295 e. The van der Waals surface area contributed by atoms with E-state index in [4.69, 9.17) is 0 Å². The molecule has 0 aromatic rings. The molecule has 0 amide bonds. The highest BCUT2D eigenvalue weighted by Gasteiger charge is 2.43. The van der Waals surface area contributed by atoms with E-state index in [2.05, 4.69) is 25.7 Å². The van der Waals surface area contributed by atoms with Gasteiger partial charge in [-0.2, -0.15) is 0 Å². The molecular weight excluding hydrogens is 170 g/mol. The van der Waals surface area contributed by atoms with Crippen molar-refractivity contribution in [3.63, 3.8) is 0 Å². The highest BCUT2D eigenvalue weighted by molar-refractivity contribution is 4.99. The molecule has 82 valence electrons. The minimum absolute atomic E-state index is 0.617. The second-order valence-electron chi connectivity index (χ2n) is 5.82. The van der Waals surface area contributed by atoms with Gasteiger partial charge in [-0.3, -0.25) is 4.90 Å². The molecule has 1 aliphatic carbocycles. The average Bonchev–Trinajstić information content (AvgIpc) is 2.48. The lowest BCUT2D eigenvalue weighted by Gasteiger charge is -2.46. The Balaban J connectivity index is 2.12. The van der Waals surface area contributed by atoms with E-state index >= 15 is 0 Å². The van der Waals surface area contributed by atoms with Crippen LogP contribution in [-0.4, -0.2) is 23.0 Å². The van der Waals surface area contributed by atoms with E-state index in [9.17, 15) is 0 Å². The molecule has 2 atom stereocenters. The van der Waals surface area contributed by atoms with E-state index in [0.29, 0.717) is 5.54 Å². The fraction of sp³-hybridized carbons (Fsp3) is 1.00. The molecule has 1 nitrogen and oxygen atoms in total. The Kier molecular flexibility index (Phi) is 2.88.